The van der Waals surface area contributed by atoms with Crippen molar-refractivity contribution in [2.45, 2.75) is 45.4 Å². The predicted octanol–water partition coefficient (Wildman–Crippen LogP) is 1.40. The average Bonchev–Trinajstić information content (AvgIpc) is 3.03. The highest BCUT2D eigenvalue weighted by atomic mass is 16.5. The zero-order valence-corrected chi connectivity index (χ0v) is 13.7. The van der Waals surface area contributed by atoms with Crippen molar-refractivity contribution in [2.24, 2.45) is 11.7 Å². The van der Waals surface area contributed by atoms with Crippen molar-refractivity contribution in [3.05, 3.63) is 29.8 Å². The summed E-state index contributed by atoms with van der Waals surface area (Å²) in [4.78, 5) is 23.7. The number of benzene rings is 1. The van der Waals surface area contributed by atoms with E-state index in [9.17, 15) is 9.59 Å². The molecule has 0 unspecified atom stereocenters. The van der Waals surface area contributed by atoms with E-state index >= 15 is 0 Å². The van der Waals surface area contributed by atoms with Gasteiger partial charge in [0.15, 0.2) is 0 Å². The van der Waals surface area contributed by atoms with Crippen LogP contribution in [0.1, 0.15) is 32.3 Å². The molecule has 6 heteroatoms. The highest BCUT2D eigenvalue weighted by molar-refractivity contribution is 5.92. The van der Waals surface area contributed by atoms with E-state index in [1.54, 1.807) is 0 Å². The van der Waals surface area contributed by atoms with Crippen LogP contribution in [0, 0.1) is 5.92 Å². The Balaban J connectivity index is 1.80. The molecule has 1 saturated heterocycles. The van der Waals surface area contributed by atoms with Gasteiger partial charge in [-0.1, -0.05) is 26.0 Å². The lowest BCUT2D eigenvalue weighted by Crippen LogP contribution is -2.35. The van der Waals surface area contributed by atoms with Crippen molar-refractivity contribution < 1.29 is 14.3 Å². The number of hydrogen-bond acceptors (Lipinski definition) is 4. The number of carbonyl (C=O) groups excluding carboxylic acids is 2. The fourth-order valence-electron chi connectivity index (χ4n) is 2.37. The molecular weight excluding hydrogens is 294 g/mol. The number of hydrogen-bond donors (Lipinski definition) is 3. The number of anilines is 1. The van der Waals surface area contributed by atoms with Crippen molar-refractivity contribution in [3.8, 4) is 0 Å². The number of rotatable bonds is 6. The van der Waals surface area contributed by atoms with Crippen LogP contribution in [0.4, 0.5) is 5.69 Å². The number of nitrogens with one attached hydrogen (secondary N) is 2. The van der Waals surface area contributed by atoms with Gasteiger partial charge in [-0.25, -0.2) is 0 Å². The maximum Gasteiger partial charge on any atom is 0.249 e. The second-order valence-corrected chi connectivity index (χ2v) is 6.12. The van der Waals surface area contributed by atoms with Gasteiger partial charge in [0.1, 0.15) is 6.10 Å². The van der Waals surface area contributed by atoms with Crippen molar-refractivity contribution >= 4 is 17.5 Å². The molecule has 2 atom stereocenters. The molecule has 126 valence electrons. The summed E-state index contributed by atoms with van der Waals surface area (Å²) in [6.07, 6.45) is 1.15. The molecule has 2 rings (SSSR count). The summed E-state index contributed by atoms with van der Waals surface area (Å²) in [7, 11) is 0. The Hall–Kier alpha value is -1.92. The first-order chi connectivity index (χ1) is 11.0. The quantitative estimate of drug-likeness (QED) is 0.739. The number of amides is 2. The molecule has 0 bridgehead atoms. The zero-order valence-electron chi connectivity index (χ0n) is 13.7. The Bertz CT molecular complexity index is 543. The summed E-state index contributed by atoms with van der Waals surface area (Å²) < 4.78 is 5.56. The molecule has 0 radical (unpaired) electrons. The summed E-state index contributed by atoms with van der Waals surface area (Å²) >= 11 is 0. The zero-order chi connectivity index (χ0) is 16.8. The Labute approximate surface area is 136 Å². The molecule has 1 heterocycles. The fraction of sp³-hybridized carbons (Fsp3) is 0.529. The molecule has 1 fully saturated rings. The van der Waals surface area contributed by atoms with Gasteiger partial charge in [-0.15, -0.1) is 0 Å². The molecule has 4 N–H and O–H groups in total. The first-order valence-corrected chi connectivity index (χ1v) is 8.02. The van der Waals surface area contributed by atoms with Crippen LogP contribution in [0.25, 0.3) is 0 Å². The van der Waals surface area contributed by atoms with Gasteiger partial charge in [0, 0.05) is 24.7 Å². The second-order valence-electron chi connectivity index (χ2n) is 6.12. The Morgan fingerprint density at radius 3 is 2.52 bits per heavy atom. The van der Waals surface area contributed by atoms with E-state index in [1.165, 1.54) is 0 Å². The van der Waals surface area contributed by atoms with Crippen LogP contribution in [0.5, 0.6) is 0 Å². The van der Waals surface area contributed by atoms with Gasteiger partial charge in [-0.05, 0) is 30.5 Å². The lowest BCUT2D eigenvalue weighted by Gasteiger charge is -2.13. The van der Waals surface area contributed by atoms with E-state index in [1.807, 2.05) is 38.1 Å². The Kier molecular flexibility index (Phi) is 6.12. The standard InChI is InChI=1S/C17H25N3O3/c1-11(2)16(21)20-13-5-3-12(4-6-13)10-19-17(22)15-8-7-14(9-18)23-15/h3-6,11,14-15H,7-10,18H2,1-2H3,(H,19,22)(H,20,21)/t14-,15+/m1/s1. The van der Waals surface area contributed by atoms with Gasteiger partial charge >= 0.3 is 0 Å². The molecule has 2 amide bonds. The molecule has 0 aromatic heterocycles. The van der Waals surface area contributed by atoms with Crippen LogP contribution in [0.3, 0.4) is 0 Å². The van der Waals surface area contributed by atoms with Crippen molar-refractivity contribution in [2.75, 3.05) is 11.9 Å². The number of carbonyl (C=O) groups is 2. The van der Waals surface area contributed by atoms with E-state index in [0.29, 0.717) is 19.5 Å². The minimum Gasteiger partial charge on any atom is -0.364 e. The van der Waals surface area contributed by atoms with Gasteiger partial charge in [0.2, 0.25) is 11.8 Å². The van der Waals surface area contributed by atoms with E-state index < -0.39 is 6.10 Å². The molecule has 0 saturated carbocycles. The van der Waals surface area contributed by atoms with Crippen molar-refractivity contribution in [1.29, 1.82) is 0 Å². The fourth-order valence-corrected chi connectivity index (χ4v) is 2.37. The van der Waals surface area contributed by atoms with E-state index in [0.717, 1.165) is 17.7 Å². The molecule has 1 aliphatic heterocycles. The SMILES string of the molecule is CC(C)C(=O)Nc1ccc(CNC(=O)[C@@H]2CC[C@H](CN)O2)cc1. The van der Waals surface area contributed by atoms with Gasteiger partial charge in [0.25, 0.3) is 0 Å². The van der Waals surface area contributed by atoms with Gasteiger partial charge in [0.05, 0.1) is 6.10 Å². The molecule has 23 heavy (non-hydrogen) atoms. The largest absolute Gasteiger partial charge is 0.364 e. The molecule has 6 nitrogen and oxygen atoms in total. The summed E-state index contributed by atoms with van der Waals surface area (Å²) in [5.41, 5.74) is 7.26. The lowest BCUT2D eigenvalue weighted by atomic mass is 10.1. The second kappa shape index (κ2) is 8.08. The van der Waals surface area contributed by atoms with Gasteiger partial charge < -0.3 is 21.1 Å². The Morgan fingerprint density at radius 1 is 1.26 bits per heavy atom. The molecule has 0 aliphatic carbocycles. The Morgan fingerprint density at radius 2 is 1.96 bits per heavy atom. The molecule has 1 aromatic carbocycles. The smallest absolute Gasteiger partial charge is 0.249 e. The van der Waals surface area contributed by atoms with Crippen LogP contribution in [-0.2, 0) is 20.9 Å². The first-order valence-electron chi connectivity index (χ1n) is 8.02. The third kappa shape index (κ3) is 5.04. The predicted molar refractivity (Wildman–Crippen MR) is 88.7 cm³/mol. The maximum atomic E-state index is 12.0. The summed E-state index contributed by atoms with van der Waals surface area (Å²) in [6, 6.07) is 7.43. The lowest BCUT2D eigenvalue weighted by molar-refractivity contribution is -0.132. The highest BCUT2D eigenvalue weighted by Gasteiger charge is 2.29. The molecule has 1 aliphatic rings. The molecule has 1 aromatic rings. The van der Waals surface area contributed by atoms with E-state index in [2.05, 4.69) is 10.6 Å². The van der Waals surface area contributed by atoms with Crippen LogP contribution >= 0.6 is 0 Å². The van der Waals surface area contributed by atoms with E-state index in [-0.39, 0.29) is 23.8 Å². The van der Waals surface area contributed by atoms with Gasteiger partial charge in [-0.3, -0.25) is 9.59 Å². The summed E-state index contributed by atoms with van der Waals surface area (Å²) in [6.45, 7) is 4.58. The van der Waals surface area contributed by atoms with Crippen LogP contribution in [0.2, 0.25) is 0 Å². The topological polar surface area (TPSA) is 93.5 Å². The van der Waals surface area contributed by atoms with Crippen LogP contribution in [0.15, 0.2) is 24.3 Å². The molecular formula is C17H25N3O3. The van der Waals surface area contributed by atoms with Gasteiger partial charge in [-0.2, -0.15) is 0 Å². The average molecular weight is 319 g/mol. The third-order valence-corrected chi connectivity index (χ3v) is 3.88. The number of ether oxygens (including phenoxy) is 1. The minimum absolute atomic E-state index is 0.00500. The molecule has 0 spiro atoms. The van der Waals surface area contributed by atoms with Crippen molar-refractivity contribution in [3.63, 3.8) is 0 Å². The van der Waals surface area contributed by atoms with Crippen LogP contribution in [-0.4, -0.2) is 30.6 Å². The number of nitrogens with two attached hydrogens (primary N) is 1. The third-order valence-electron chi connectivity index (χ3n) is 3.88. The normalized spacial score (nSPS) is 20.5. The minimum atomic E-state index is -0.395. The maximum absolute atomic E-state index is 12.0. The summed E-state index contributed by atoms with van der Waals surface area (Å²) in [5.74, 6) is -0.172. The first kappa shape index (κ1) is 17.4. The van der Waals surface area contributed by atoms with Crippen molar-refractivity contribution in [1.82, 2.24) is 5.32 Å². The monoisotopic (exact) mass is 319 g/mol. The summed E-state index contributed by atoms with van der Waals surface area (Å²) in [5, 5.41) is 5.70. The van der Waals surface area contributed by atoms with E-state index in [4.69, 9.17) is 10.5 Å². The van der Waals surface area contributed by atoms with Crippen LogP contribution < -0.4 is 16.4 Å². The highest BCUT2D eigenvalue weighted by Crippen LogP contribution is 2.19.